The van der Waals surface area contributed by atoms with Gasteiger partial charge in [-0.25, -0.2) is 0 Å². The molecule has 2 saturated heterocycles. The number of ether oxygens (including phenoxy) is 2. The molecule has 2 aliphatic heterocycles. The van der Waals surface area contributed by atoms with Crippen LogP contribution in [-0.4, -0.2) is 74.4 Å². The smallest absolute Gasteiger partial charge is 0.251 e. The third-order valence-electron chi connectivity index (χ3n) is 4.71. The van der Waals surface area contributed by atoms with Crippen LogP contribution < -0.4 is 0 Å². The van der Waals surface area contributed by atoms with Gasteiger partial charge in [-0.15, -0.1) is 0 Å². The van der Waals surface area contributed by atoms with Crippen LogP contribution in [0.2, 0.25) is 0 Å². The van der Waals surface area contributed by atoms with Gasteiger partial charge in [-0.3, -0.25) is 4.79 Å². The zero-order valence-electron chi connectivity index (χ0n) is 13.1. The number of hydrogen-bond acceptors (Lipinski definition) is 4. The van der Waals surface area contributed by atoms with E-state index in [1.165, 1.54) is 12.8 Å². The lowest BCUT2D eigenvalue weighted by Crippen LogP contribution is -2.50. The highest BCUT2D eigenvalue weighted by Crippen LogP contribution is 2.30. The molecule has 0 N–H and O–H groups in total. The first-order valence-corrected chi connectivity index (χ1v) is 8.43. The minimum Gasteiger partial charge on any atom is -0.374 e. The zero-order chi connectivity index (χ0) is 14.7. The Bertz CT molecular complexity index is 353. The van der Waals surface area contributed by atoms with E-state index in [4.69, 9.17) is 9.47 Å². The van der Waals surface area contributed by atoms with Gasteiger partial charge in [0.1, 0.15) is 6.10 Å². The predicted molar refractivity (Wildman–Crippen MR) is 80.1 cm³/mol. The van der Waals surface area contributed by atoms with Crippen LogP contribution in [-0.2, 0) is 14.3 Å². The van der Waals surface area contributed by atoms with Gasteiger partial charge in [0.15, 0.2) is 0 Å². The summed E-state index contributed by atoms with van der Waals surface area (Å²) in [6, 6.07) is 0. The highest BCUT2D eigenvalue weighted by Gasteiger charge is 2.33. The topological polar surface area (TPSA) is 42.0 Å². The Kier molecular flexibility index (Phi) is 5.14. The summed E-state index contributed by atoms with van der Waals surface area (Å²) in [6.45, 7) is 5.02. The monoisotopic (exact) mass is 296 g/mol. The summed E-state index contributed by atoms with van der Waals surface area (Å²) in [5.41, 5.74) is 0. The van der Waals surface area contributed by atoms with Gasteiger partial charge in [0.2, 0.25) is 0 Å². The van der Waals surface area contributed by atoms with E-state index in [0.29, 0.717) is 5.92 Å². The Hall–Kier alpha value is -0.650. The maximum Gasteiger partial charge on any atom is 0.251 e. The summed E-state index contributed by atoms with van der Waals surface area (Å²) < 4.78 is 11.5. The van der Waals surface area contributed by atoms with Gasteiger partial charge in [-0.1, -0.05) is 0 Å². The van der Waals surface area contributed by atoms with E-state index in [0.717, 1.165) is 58.7 Å². The van der Waals surface area contributed by atoms with E-state index in [9.17, 15) is 4.79 Å². The summed E-state index contributed by atoms with van der Waals surface area (Å²) >= 11 is 0. The Labute approximate surface area is 127 Å². The van der Waals surface area contributed by atoms with Crippen molar-refractivity contribution in [1.82, 2.24) is 9.80 Å². The fraction of sp³-hybridized carbons (Fsp3) is 0.938. The summed E-state index contributed by atoms with van der Waals surface area (Å²) in [6.07, 6.45) is 5.54. The van der Waals surface area contributed by atoms with Crippen LogP contribution in [0.15, 0.2) is 0 Å². The van der Waals surface area contributed by atoms with Crippen LogP contribution in [0.3, 0.4) is 0 Å². The average Bonchev–Trinajstić information content (AvgIpc) is 3.31. The highest BCUT2D eigenvalue weighted by molar-refractivity contribution is 5.81. The third-order valence-corrected chi connectivity index (χ3v) is 4.71. The van der Waals surface area contributed by atoms with Crippen LogP contribution in [0, 0.1) is 5.92 Å². The number of nitrogens with zero attached hydrogens (tertiary/aromatic N) is 2. The molecule has 3 rings (SSSR count). The molecule has 0 aromatic rings. The van der Waals surface area contributed by atoms with Crippen molar-refractivity contribution in [2.24, 2.45) is 5.92 Å². The summed E-state index contributed by atoms with van der Waals surface area (Å²) in [5, 5.41) is 0. The van der Waals surface area contributed by atoms with Crippen LogP contribution in [0.1, 0.15) is 32.1 Å². The number of amides is 1. The Morgan fingerprint density at radius 2 is 2.00 bits per heavy atom. The molecule has 0 aromatic heterocycles. The SMILES string of the molecule is CN1CCOC(CN(CC2CC2)C(=O)C2CCCCO2)C1. The lowest BCUT2D eigenvalue weighted by Gasteiger charge is -2.35. The number of morpholine rings is 1. The van der Waals surface area contributed by atoms with Gasteiger partial charge in [-0.05, 0) is 45.1 Å². The van der Waals surface area contributed by atoms with Crippen molar-refractivity contribution in [2.45, 2.75) is 44.3 Å². The second-order valence-corrected chi connectivity index (χ2v) is 6.80. The minimum atomic E-state index is -0.209. The van der Waals surface area contributed by atoms with Gasteiger partial charge in [-0.2, -0.15) is 0 Å². The molecular weight excluding hydrogens is 268 g/mol. The maximum absolute atomic E-state index is 12.7. The molecule has 0 bridgehead atoms. The molecule has 0 spiro atoms. The van der Waals surface area contributed by atoms with Gasteiger partial charge >= 0.3 is 0 Å². The fourth-order valence-corrected chi connectivity index (χ4v) is 3.23. The van der Waals surface area contributed by atoms with Crippen LogP contribution in [0.25, 0.3) is 0 Å². The second kappa shape index (κ2) is 7.07. The quantitative estimate of drug-likeness (QED) is 0.762. The number of likely N-dealkylation sites (N-methyl/N-ethyl adjacent to an activating group) is 1. The number of hydrogen-bond donors (Lipinski definition) is 0. The molecule has 0 aromatic carbocycles. The summed E-state index contributed by atoms with van der Waals surface area (Å²) in [4.78, 5) is 17.1. The van der Waals surface area contributed by atoms with E-state index < -0.39 is 0 Å². The molecule has 0 radical (unpaired) electrons. The first-order valence-electron chi connectivity index (χ1n) is 8.43. The second-order valence-electron chi connectivity index (χ2n) is 6.80. The molecule has 1 aliphatic carbocycles. The number of carbonyl (C=O) groups is 1. The molecule has 1 amide bonds. The Morgan fingerprint density at radius 3 is 2.67 bits per heavy atom. The van der Waals surface area contributed by atoms with Crippen molar-refractivity contribution in [3.63, 3.8) is 0 Å². The van der Waals surface area contributed by atoms with E-state index >= 15 is 0 Å². The van der Waals surface area contributed by atoms with Crippen molar-refractivity contribution >= 4 is 5.91 Å². The molecule has 3 fully saturated rings. The van der Waals surface area contributed by atoms with Gasteiger partial charge in [0, 0.05) is 32.8 Å². The lowest BCUT2D eigenvalue weighted by molar-refractivity contribution is -0.149. The van der Waals surface area contributed by atoms with Crippen LogP contribution in [0.5, 0.6) is 0 Å². The zero-order valence-corrected chi connectivity index (χ0v) is 13.1. The van der Waals surface area contributed by atoms with E-state index in [-0.39, 0.29) is 18.1 Å². The standard InChI is InChI=1S/C16H28N2O3/c1-17-7-9-20-14(11-17)12-18(10-13-5-6-13)16(19)15-4-2-3-8-21-15/h13-15H,2-12H2,1H3. The van der Waals surface area contributed by atoms with E-state index in [2.05, 4.69) is 11.9 Å². The molecule has 1 saturated carbocycles. The van der Waals surface area contributed by atoms with Crippen molar-refractivity contribution in [1.29, 1.82) is 0 Å². The number of carbonyl (C=O) groups excluding carboxylic acids is 1. The largest absolute Gasteiger partial charge is 0.374 e. The van der Waals surface area contributed by atoms with Gasteiger partial charge in [0.05, 0.1) is 12.7 Å². The first kappa shape index (κ1) is 15.3. The molecule has 2 heterocycles. The molecule has 5 heteroatoms. The van der Waals surface area contributed by atoms with Gasteiger partial charge < -0.3 is 19.3 Å². The average molecular weight is 296 g/mol. The summed E-state index contributed by atoms with van der Waals surface area (Å²) in [7, 11) is 2.12. The van der Waals surface area contributed by atoms with Crippen molar-refractivity contribution in [3.05, 3.63) is 0 Å². The Balaban J connectivity index is 1.57. The van der Waals surface area contributed by atoms with Crippen molar-refractivity contribution < 1.29 is 14.3 Å². The lowest BCUT2D eigenvalue weighted by atomic mass is 10.1. The molecule has 3 aliphatic rings. The third kappa shape index (κ3) is 4.41. The van der Waals surface area contributed by atoms with Crippen molar-refractivity contribution in [2.75, 3.05) is 46.4 Å². The maximum atomic E-state index is 12.7. The molecule has 21 heavy (non-hydrogen) atoms. The molecule has 2 unspecified atom stereocenters. The Morgan fingerprint density at radius 1 is 1.14 bits per heavy atom. The predicted octanol–water partition coefficient (Wildman–Crippen LogP) is 1.12. The normalized spacial score (nSPS) is 31.1. The highest BCUT2D eigenvalue weighted by atomic mass is 16.5. The van der Waals surface area contributed by atoms with Crippen LogP contribution >= 0.6 is 0 Å². The summed E-state index contributed by atoms with van der Waals surface area (Å²) in [5.74, 6) is 0.900. The minimum absolute atomic E-state index is 0.148. The van der Waals surface area contributed by atoms with E-state index in [1.54, 1.807) is 0 Å². The van der Waals surface area contributed by atoms with Crippen LogP contribution in [0.4, 0.5) is 0 Å². The number of rotatable bonds is 5. The van der Waals surface area contributed by atoms with E-state index in [1.807, 2.05) is 4.90 Å². The molecular formula is C16H28N2O3. The first-order chi connectivity index (χ1) is 10.2. The molecule has 2 atom stereocenters. The van der Waals surface area contributed by atoms with Crippen molar-refractivity contribution in [3.8, 4) is 0 Å². The molecule has 120 valence electrons. The van der Waals surface area contributed by atoms with Gasteiger partial charge in [0.25, 0.3) is 5.91 Å². The fourth-order valence-electron chi connectivity index (χ4n) is 3.23. The molecule has 5 nitrogen and oxygen atoms in total.